The Morgan fingerprint density at radius 1 is 1.08 bits per heavy atom. The van der Waals surface area contributed by atoms with Gasteiger partial charge in [-0.25, -0.2) is 4.79 Å². The van der Waals surface area contributed by atoms with Gasteiger partial charge >= 0.3 is 5.97 Å². The van der Waals surface area contributed by atoms with Gasteiger partial charge in [-0.15, -0.1) is 0 Å². The molecule has 12 nitrogen and oxygen atoms in total. The first-order valence-electron chi connectivity index (χ1n) is 12.7. The van der Waals surface area contributed by atoms with Gasteiger partial charge in [0.25, 0.3) is 0 Å². The third-order valence-corrected chi connectivity index (χ3v) is 6.67. The van der Waals surface area contributed by atoms with Crippen LogP contribution in [0, 0.1) is 0 Å². The average molecular weight is 516 g/mol. The lowest BCUT2D eigenvalue weighted by molar-refractivity contribution is -0.149. The second kappa shape index (κ2) is 13.6. The summed E-state index contributed by atoms with van der Waals surface area (Å²) in [5, 5.41) is 18.3. The number of aliphatic carboxylic acids is 1. The number of nitrogens with two attached hydrogens (primary N) is 2. The quantitative estimate of drug-likeness (QED) is 0.117. The van der Waals surface area contributed by atoms with Crippen molar-refractivity contribution in [2.75, 3.05) is 19.6 Å². The van der Waals surface area contributed by atoms with E-state index >= 15 is 0 Å². The average Bonchev–Trinajstić information content (AvgIpc) is 3.58. The van der Waals surface area contributed by atoms with E-state index in [9.17, 15) is 24.3 Å². The normalized spacial score (nSPS) is 20.6. The molecule has 3 rings (SSSR count). The standard InChI is InChI=1S/C25H37N7O5/c26-25(27)29-13-5-10-18(30-21(33)17-9-4-12-28-17)22(34)31-19(15-16-7-2-1-3-8-16)23(35)32-14-6-11-20(32)24(36)37/h1-3,7-8,17-20,28H,4-6,9-15H2,(H,30,33)(H,31,34)(H,36,37)(H4,26,27,29). The Hall–Kier alpha value is -3.67. The third kappa shape index (κ3) is 8.17. The van der Waals surface area contributed by atoms with E-state index in [1.165, 1.54) is 4.90 Å². The molecule has 0 aromatic heterocycles. The number of hydrogen-bond acceptors (Lipinski definition) is 6. The molecule has 3 amide bonds. The predicted molar refractivity (Wildman–Crippen MR) is 137 cm³/mol. The maximum Gasteiger partial charge on any atom is 0.326 e. The number of nitrogens with one attached hydrogen (secondary N) is 3. The van der Waals surface area contributed by atoms with E-state index in [0.29, 0.717) is 32.2 Å². The lowest BCUT2D eigenvalue weighted by atomic mass is 10.0. The molecule has 4 unspecified atom stereocenters. The number of likely N-dealkylation sites (tertiary alicyclic amines) is 1. The molecule has 12 heteroatoms. The van der Waals surface area contributed by atoms with Gasteiger partial charge in [-0.2, -0.15) is 0 Å². The van der Waals surface area contributed by atoms with Crippen LogP contribution in [0.3, 0.4) is 0 Å². The minimum Gasteiger partial charge on any atom is -0.480 e. The molecule has 0 aliphatic carbocycles. The van der Waals surface area contributed by atoms with E-state index in [2.05, 4.69) is 20.9 Å². The molecule has 2 saturated heterocycles. The maximum absolute atomic E-state index is 13.5. The number of aliphatic imine (C=N–C) groups is 1. The van der Waals surface area contributed by atoms with Gasteiger partial charge in [-0.05, 0) is 50.6 Å². The number of carbonyl (C=O) groups excluding carboxylic acids is 3. The molecule has 0 radical (unpaired) electrons. The number of carbonyl (C=O) groups is 4. The Morgan fingerprint density at radius 2 is 1.84 bits per heavy atom. The number of amides is 3. The fourth-order valence-electron chi connectivity index (χ4n) is 4.76. The first-order chi connectivity index (χ1) is 17.8. The van der Waals surface area contributed by atoms with Crippen LogP contribution in [0.5, 0.6) is 0 Å². The summed E-state index contributed by atoms with van der Waals surface area (Å²) >= 11 is 0. The van der Waals surface area contributed by atoms with Crippen molar-refractivity contribution >= 4 is 29.7 Å². The number of guanidine groups is 1. The summed E-state index contributed by atoms with van der Waals surface area (Å²) in [6.07, 6.45) is 3.36. The topological polar surface area (TPSA) is 192 Å². The Kier molecular flexibility index (Phi) is 10.2. The zero-order valence-corrected chi connectivity index (χ0v) is 20.9. The van der Waals surface area contributed by atoms with Gasteiger partial charge in [0, 0.05) is 19.5 Å². The number of hydrogen-bond donors (Lipinski definition) is 6. The van der Waals surface area contributed by atoms with Gasteiger partial charge in [0.15, 0.2) is 5.96 Å². The van der Waals surface area contributed by atoms with Crippen LogP contribution in [0.2, 0.25) is 0 Å². The highest BCUT2D eigenvalue weighted by molar-refractivity contribution is 5.94. The van der Waals surface area contributed by atoms with Crippen LogP contribution in [0.4, 0.5) is 0 Å². The first-order valence-corrected chi connectivity index (χ1v) is 12.7. The number of benzene rings is 1. The molecule has 4 atom stereocenters. The fourth-order valence-corrected chi connectivity index (χ4v) is 4.76. The number of carboxylic acid groups (broad SMARTS) is 1. The highest BCUT2D eigenvalue weighted by Gasteiger charge is 2.38. The van der Waals surface area contributed by atoms with Gasteiger partial charge in [-0.1, -0.05) is 30.3 Å². The van der Waals surface area contributed by atoms with Crippen LogP contribution in [0.15, 0.2) is 35.3 Å². The molecule has 0 saturated carbocycles. The fraction of sp³-hybridized carbons (Fsp3) is 0.560. The molecule has 37 heavy (non-hydrogen) atoms. The second-order valence-electron chi connectivity index (χ2n) is 9.44. The number of carboxylic acids is 1. The van der Waals surface area contributed by atoms with Crippen molar-refractivity contribution in [1.82, 2.24) is 20.9 Å². The van der Waals surface area contributed by atoms with Crippen LogP contribution >= 0.6 is 0 Å². The SMILES string of the molecule is NC(N)=NCCCC(NC(=O)C1CCCN1)C(=O)NC(Cc1ccccc1)C(=O)N1CCCC1C(=O)O. The number of nitrogens with zero attached hydrogens (tertiary/aromatic N) is 2. The highest BCUT2D eigenvalue weighted by Crippen LogP contribution is 2.20. The molecular formula is C25H37N7O5. The zero-order valence-electron chi connectivity index (χ0n) is 20.9. The minimum atomic E-state index is -1.07. The van der Waals surface area contributed by atoms with E-state index in [0.717, 1.165) is 18.5 Å². The Morgan fingerprint density at radius 3 is 2.49 bits per heavy atom. The van der Waals surface area contributed by atoms with Crippen molar-refractivity contribution in [2.24, 2.45) is 16.5 Å². The van der Waals surface area contributed by atoms with Gasteiger partial charge in [0.2, 0.25) is 17.7 Å². The molecule has 1 aromatic carbocycles. The summed E-state index contributed by atoms with van der Waals surface area (Å²) in [6, 6.07) is 5.98. The van der Waals surface area contributed by atoms with E-state index in [1.807, 2.05) is 30.3 Å². The van der Waals surface area contributed by atoms with Gasteiger partial charge in [0.05, 0.1) is 6.04 Å². The molecular weight excluding hydrogens is 478 g/mol. The summed E-state index contributed by atoms with van der Waals surface area (Å²) in [4.78, 5) is 56.7. The van der Waals surface area contributed by atoms with E-state index in [1.54, 1.807) is 0 Å². The first kappa shape index (κ1) is 27.9. The number of rotatable bonds is 12. The maximum atomic E-state index is 13.5. The van der Waals surface area contributed by atoms with E-state index < -0.39 is 35.9 Å². The molecule has 1 aromatic rings. The van der Waals surface area contributed by atoms with Crippen molar-refractivity contribution in [2.45, 2.75) is 69.1 Å². The van der Waals surface area contributed by atoms with Crippen molar-refractivity contribution in [1.29, 1.82) is 0 Å². The Balaban J connectivity index is 1.77. The molecule has 2 aliphatic heterocycles. The molecule has 202 valence electrons. The lowest BCUT2D eigenvalue weighted by Crippen LogP contribution is -2.57. The smallest absolute Gasteiger partial charge is 0.326 e. The summed E-state index contributed by atoms with van der Waals surface area (Å²) < 4.78 is 0. The molecule has 8 N–H and O–H groups in total. The third-order valence-electron chi connectivity index (χ3n) is 6.67. The Labute approximate surface area is 216 Å². The van der Waals surface area contributed by atoms with Crippen molar-refractivity contribution in [3.05, 3.63) is 35.9 Å². The van der Waals surface area contributed by atoms with Crippen LogP contribution < -0.4 is 27.4 Å². The largest absolute Gasteiger partial charge is 0.480 e. The van der Waals surface area contributed by atoms with Crippen molar-refractivity contribution in [3.8, 4) is 0 Å². The monoisotopic (exact) mass is 515 g/mol. The molecule has 2 aliphatic rings. The van der Waals surface area contributed by atoms with Crippen LogP contribution in [0.1, 0.15) is 44.1 Å². The van der Waals surface area contributed by atoms with Crippen LogP contribution in [-0.4, -0.2) is 83.5 Å². The Bertz CT molecular complexity index is 977. The summed E-state index contributed by atoms with van der Waals surface area (Å²) in [5.41, 5.74) is 11.6. The molecule has 0 spiro atoms. The predicted octanol–water partition coefficient (Wildman–Crippen LogP) is -0.920. The summed E-state index contributed by atoms with van der Waals surface area (Å²) in [5.74, 6) is -2.38. The van der Waals surface area contributed by atoms with Crippen molar-refractivity contribution < 1.29 is 24.3 Å². The highest BCUT2D eigenvalue weighted by atomic mass is 16.4. The molecule has 0 bridgehead atoms. The van der Waals surface area contributed by atoms with Gasteiger partial charge < -0.3 is 37.4 Å². The van der Waals surface area contributed by atoms with Crippen LogP contribution in [0.25, 0.3) is 0 Å². The minimum absolute atomic E-state index is 0.0627. The zero-order chi connectivity index (χ0) is 26.8. The van der Waals surface area contributed by atoms with E-state index in [-0.39, 0.29) is 37.3 Å². The lowest BCUT2D eigenvalue weighted by Gasteiger charge is -2.29. The summed E-state index contributed by atoms with van der Waals surface area (Å²) in [6.45, 7) is 1.32. The molecule has 2 fully saturated rings. The summed E-state index contributed by atoms with van der Waals surface area (Å²) in [7, 11) is 0. The van der Waals surface area contributed by atoms with Crippen molar-refractivity contribution in [3.63, 3.8) is 0 Å². The van der Waals surface area contributed by atoms with Gasteiger partial charge in [0.1, 0.15) is 18.1 Å². The second-order valence-corrected chi connectivity index (χ2v) is 9.44. The molecule has 2 heterocycles. The van der Waals surface area contributed by atoms with Gasteiger partial charge in [-0.3, -0.25) is 19.4 Å². The van der Waals surface area contributed by atoms with E-state index in [4.69, 9.17) is 11.5 Å². The van der Waals surface area contributed by atoms with Crippen LogP contribution in [-0.2, 0) is 25.6 Å².